The minimum Gasteiger partial charge on any atom is -0.342 e. The van der Waals surface area contributed by atoms with E-state index in [9.17, 15) is 9.59 Å². The number of amides is 1. The Balaban J connectivity index is 1.27. The Morgan fingerprint density at radius 1 is 1.06 bits per heavy atom. The van der Waals surface area contributed by atoms with E-state index in [1.165, 1.54) is 0 Å². The number of hydrogen-bond donors (Lipinski definition) is 1. The van der Waals surface area contributed by atoms with E-state index in [0.29, 0.717) is 29.3 Å². The molecule has 0 saturated carbocycles. The molecule has 2 aromatic heterocycles. The molecule has 9 nitrogen and oxygen atoms in total. The van der Waals surface area contributed by atoms with Crippen LogP contribution >= 0.6 is 0 Å². The lowest BCUT2D eigenvalue weighted by atomic mass is 9.93. The summed E-state index contributed by atoms with van der Waals surface area (Å²) in [6.45, 7) is 5.10. The highest BCUT2D eigenvalue weighted by atomic mass is 16.2. The van der Waals surface area contributed by atoms with E-state index in [4.69, 9.17) is 4.98 Å². The minimum absolute atomic E-state index is 0.181. The summed E-state index contributed by atoms with van der Waals surface area (Å²) in [5.74, 6) is 1.23. The first-order valence-corrected chi connectivity index (χ1v) is 11.3. The molecule has 0 spiro atoms. The van der Waals surface area contributed by atoms with E-state index < -0.39 is 0 Å². The van der Waals surface area contributed by atoms with Crippen molar-refractivity contribution in [2.45, 2.75) is 19.3 Å². The fourth-order valence-corrected chi connectivity index (χ4v) is 4.60. The summed E-state index contributed by atoms with van der Waals surface area (Å²) >= 11 is 0. The van der Waals surface area contributed by atoms with E-state index in [2.05, 4.69) is 26.9 Å². The van der Waals surface area contributed by atoms with Crippen molar-refractivity contribution >= 4 is 22.9 Å². The molecule has 9 heteroatoms. The number of H-pyrrole nitrogens is 1. The van der Waals surface area contributed by atoms with Crippen LogP contribution in [0, 0.1) is 5.92 Å². The Labute approximate surface area is 186 Å². The molecule has 2 aliphatic heterocycles. The van der Waals surface area contributed by atoms with E-state index in [0.717, 1.165) is 57.8 Å². The fourth-order valence-electron chi connectivity index (χ4n) is 4.60. The molecule has 1 aromatic carbocycles. The number of anilines is 1. The fraction of sp³-hybridized carbons (Fsp3) is 0.478. The summed E-state index contributed by atoms with van der Waals surface area (Å²) in [6, 6.07) is 9.70. The summed E-state index contributed by atoms with van der Waals surface area (Å²) in [5.41, 5.74) is 1.24. The summed E-state index contributed by atoms with van der Waals surface area (Å²) in [6.07, 6.45) is 4.01. The monoisotopic (exact) mass is 435 g/mol. The van der Waals surface area contributed by atoms with Crippen molar-refractivity contribution in [2.75, 3.05) is 51.2 Å². The summed E-state index contributed by atoms with van der Waals surface area (Å²) in [4.78, 5) is 39.4. The maximum absolute atomic E-state index is 12.7. The summed E-state index contributed by atoms with van der Waals surface area (Å²) < 4.78 is 1.70. The lowest BCUT2D eigenvalue weighted by Crippen LogP contribution is -2.48. The maximum atomic E-state index is 12.7. The van der Waals surface area contributed by atoms with Gasteiger partial charge in [0.05, 0.1) is 11.9 Å². The van der Waals surface area contributed by atoms with Crippen molar-refractivity contribution in [2.24, 2.45) is 5.92 Å². The van der Waals surface area contributed by atoms with Gasteiger partial charge in [-0.05, 0) is 37.9 Å². The van der Waals surface area contributed by atoms with Gasteiger partial charge in [-0.3, -0.25) is 14.6 Å². The van der Waals surface area contributed by atoms with Crippen molar-refractivity contribution < 1.29 is 4.79 Å². The number of piperidine rings is 1. The first-order valence-electron chi connectivity index (χ1n) is 11.3. The van der Waals surface area contributed by atoms with Gasteiger partial charge < -0.3 is 14.7 Å². The molecule has 0 radical (unpaired) electrons. The van der Waals surface area contributed by atoms with Gasteiger partial charge in [-0.15, -0.1) is 0 Å². The number of nitrogens with zero attached hydrogens (tertiary/aromatic N) is 6. The van der Waals surface area contributed by atoms with Crippen molar-refractivity contribution in [3.8, 4) is 5.69 Å². The summed E-state index contributed by atoms with van der Waals surface area (Å²) in [5, 5.41) is 4.85. The van der Waals surface area contributed by atoms with Crippen molar-refractivity contribution in [3.63, 3.8) is 0 Å². The number of piperazine rings is 1. The van der Waals surface area contributed by atoms with Gasteiger partial charge in [0.15, 0.2) is 5.65 Å². The van der Waals surface area contributed by atoms with E-state index in [1.54, 1.807) is 10.9 Å². The van der Waals surface area contributed by atoms with Crippen LogP contribution in [0.4, 0.5) is 5.95 Å². The molecule has 0 atom stereocenters. The van der Waals surface area contributed by atoms with Gasteiger partial charge in [0.25, 0.3) is 5.56 Å². The second kappa shape index (κ2) is 8.74. The number of aromatic nitrogens is 4. The van der Waals surface area contributed by atoms with Crippen LogP contribution in [0.25, 0.3) is 16.7 Å². The van der Waals surface area contributed by atoms with Crippen LogP contribution in [0.3, 0.4) is 0 Å². The average molecular weight is 436 g/mol. The molecule has 2 fully saturated rings. The second-order valence-corrected chi connectivity index (χ2v) is 8.84. The topological polar surface area (TPSA) is 90.4 Å². The third-order valence-electron chi connectivity index (χ3n) is 6.66. The number of benzene rings is 1. The van der Waals surface area contributed by atoms with Crippen LogP contribution in [-0.4, -0.2) is 81.8 Å². The van der Waals surface area contributed by atoms with Gasteiger partial charge in [0.1, 0.15) is 5.39 Å². The minimum atomic E-state index is -0.181. The Morgan fingerprint density at radius 3 is 2.50 bits per heavy atom. The average Bonchev–Trinajstić information content (AvgIpc) is 3.25. The van der Waals surface area contributed by atoms with E-state index >= 15 is 0 Å². The normalized spacial score (nSPS) is 18.4. The van der Waals surface area contributed by atoms with Crippen LogP contribution in [0.2, 0.25) is 0 Å². The third-order valence-corrected chi connectivity index (χ3v) is 6.66. The van der Waals surface area contributed by atoms with E-state index in [-0.39, 0.29) is 11.5 Å². The predicted octanol–water partition coefficient (Wildman–Crippen LogP) is 1.49. The number of para-hydroxylation sites is 1. The second-order valence-electron chi connectivity index (χ2n) is 8.84. The van der Waals surface area contributed by atoms with Crippen LogP contribution in [0.5, 0.6) is 0 Å². The molecule has 0 aliphatic carbocycles. The lowest BCUT2D eigenvalue weighted by Gasteiger charge is -2.35. The standard InChI is InChI=1S/C23H29N7O2/c1-27-11-13-28(14-12-27)20(31)15-17-7-9-29(10-8-17)23-25-21-19(22(32)26-23)16-24-30(21)18-5-3-2-4-6-18/h2-6,16-17H,7-15H2,1H3,(H,25,26,32). The smallest absolute Gasteiger partial charge is 0.263 e. The molecule has 4 heterocycles. The molecule has 2 saturated heterocycles. The molecule has 168 valence electrons. The zero-order valence-corrected chi connectivity index (χ0v) is 18.4. The highest BCUT2D eigenvalue weighted by Crippen LogP contribution is 2.25. The van der Waals surface area contributed by atoms with Gasteiger partial charge in [0.2, 0.25) is 11.9 Å². The highest BCUT2D eigenvalue weighted by molar-refractivity contribution is 5.77. The molecule has 32 heavy (non-hydrogen) atoms. The van der Waals surface area contributed by atoms with Crippen molar-refractivity contribution in [1.82, 2.24) is 29.5 Å². The largest absolute Gasteiger partial charge is 0.342 e. The Morgan fingerprint density at radius 2 is 1.78 bits per heavy atom. The number of hydrogen-bond acceptors (Lipinski definition) is 6. The Kier molecular flexibility index (Phi) is 5.65. The van der Waals surface area contributed by atoms with Crippen LogP contribution < -0.4 is 10.5 Å². The lowest BCUT2D eigenvalue weighted by molar-refractivity contribution is -0.133. The van der Waals surface area contributed by atoms with Crippen LogP contribution in [-0.2, 0) is 4.79 Å². The molecule has 1 amide bonds. The van der Waals surface area contributed by atoms with Crippen LogP contribution in [0.1, 0.15) is 19.3 Å². The van der Waals surface area contributed by atoms with Crippen molar-refractivity contribution in [3.05, 3.63) is 46.9 Å². The molecule has 0 unspecified atom stereocenters. The number of fused-ring (bicyclic) bond motifs is 1. The van der Waals surface area contributed by atoms with Gasteiger partial charge in [-0.2, -0.15) is 10.1 Å². The number of nitrogens with one attached hydrogen (secondary N) is 1. The molecule has 5 rings (SSSR count). The molecule has 2 aliphatic rings. The molecular formula is C23H29N7O2. The number of rotatable bonds is 4. The molecule has 0 bridgehead atoms. The predicted molar refractivity (Wildman–Crippen MR) is 123 cm³/mol. The van der Waals surface area contributed by atoms with Crippen LogP contribution in [0.15, 0.2) is 41.3 Å². The zero-order chi connectivity index (χ0) is 22.1. The first kappa shape index (κ1) is 20.7. The Hall–Kier alpha value is -3.20. The number of carbonyl (C=O) groups is 1. The molecule has 1 N–H and O–H groups in total. The highest BCUT2D eigenvalue weighted by Gasteiger charge is 2.26. The molecular weight excluding hydrogens is 406 g/mol. The SMILES string of the molecule is CN1CCN(C(=O)CC2CCN(c3nc4c(cnn4-c4ccccc4)c(=O)[nH]3)CC2)CC1. The zero-order valence-electron chi connectivity index (χ0n) is 18.4. The van der Waals surface area contributed by atoms with Gasteiger partial charge in [-0.25, -0.2) is 4.68 Å². The maximum Gasteiger partial charge on any atom is 0.263 e. The summed E-state index contributed by atoms with van der Waals surface area (Å²) in [7, 11) is 2.10. The Bertz CT molecular complexity index is 1140. The number of aromatic amines is 1. The van der Waals surface area contributed by atoms with Gasteiger partial charge >= 0.3 is 0 Å². The van der Waals surface area contributed by atoms with E-state index in [1.807, 2.05) is 35.2 Å². The number of carbonyl (C=O) groups excluding carboxylic acids is 1. The van der Waals surface area contributed by atoms with Gasteiger partial charge in [0, 0.05) is 45.7 Å². The quantitative estimate of drug-likeness (QED) is 0.668. The van der Waals surface area contributed by atoms with Gasteiger partial charge in [-0.1, -0.05) is 18.2 Å². The third kappa shape index (κ3) is 4.12. The van der Waals surface area contributed by atoms with Crippen molar-refractivity contribution in [1.29, 1.82) is 0 Å². The number of likely N-dealkylation sites (N-methyl/N-ethyl adjacent to an activating group) is 1. The molecule has 3 aromatic rings. The first-order chi connectivity index (χ1) is 15.6.